The van der Waals surface area contributed by atoms with E-state index in [1.165, 1.54) is 19.1 Å². The van der Waals surface area contributed by atoms with Crippen LogP contribution in [-0.4, -0.2) is 11.3 Å². The Morgan fingerprint density at radius 2 is 1.56 bits per heavy atom. The topological polar surface area (TPSA) is 20.2 Å². The first-order valence-electron chi connectivity index (χ1n) is 5.23. The summed E-state index contributed by atoms with van der Waals surface area (Å²) >= 11 is 0. The number of halogens is 3. The first-order valence-corrected chi connectivity index (χ1v) is 5.23. The van der Waals surface area contributed by atoms with Crippen LogP contribution in [0.3, 0.4) is 0 Å². The molecule has 0 aliphatic rings. The van der Waals surface area contributed by atoms with E-state index in [0.29, 0.717) is 0 Å². The van der Waals surface area contributed by atoms with Gasteiger partial charge < -0.3 is 5.11 Å². The molecule has 0 amide bonds. The van der Waals surface area contributed by atoms with Crippen LogP contribution in [0, 0.1) is 0 Å². The van der Waals surface area contributed by atoms with E-state index in [0.717, 1.165) is 12.0 Å². The number of hydrogen-bond acceptors (Lipinski definition) is 1. The number of aliphatic hydroxyl groups is 1. The van der Waals surface area contributed by atoms with Crippen LogP contribution < -0.4 is 0 Å². The van der Waals surface area contributed by atoms with Gasteiger partial charge in [-0.3, -0.25) is 0 Å². The quantitative estimate of drug-likeness (QED) is 0.846. The summed E-state index contributed by atoms with van der Waals surface area (Å²) in [5.74, 6) is 0. The Morgan fingerprint density at radius 3 is 1.88 bits per heavy atom. The van der Waals surface area contributed by atoms with Gasteiger partial charge in [0.05, 0.1) is 0 Å². The number of rotatable bonds is 3. The van der Waals surface area contributed by atoms with Crippen LogP contribution in [-0.2, 0) is 12.0 Å². The molecule has 0 heterocycles. The fourth-order valence-electron chi connectivity index (χ4n) is 1.58. The van der Waals surface area contributed by atoms with Crippen molar-refractivity contribution in [2.75, 3.05) is 0 Å². The predicted molar refractivity (Wildman–Crippen MR) is 56.1 cm³/mol. The van der Waals surface area contributed by atoms with E-state index in [9.17, 15) is 18.3 Å². The molecule has 1 atom stereocenters. The molecule has 0 aliphatic carbocycles. The molecule has 0 aliphatic heterocycles. The maximum atomic E-state index is 12.7. The van der Waals surface area contributed by atoms with E-state index in [4.69, 9.17) is 0 Å². The molecule has 16 heavy (non-hydrogen) atoms. The summed E-state index contributed by atoms with van der Waals surface area (Å²) in [7, 11) is 0. The van der Waals surface area contributed by atoms with Crippen molar-refractivity contribution in [1.82, 2.24) is 0 Å². The van der Waals surface area contributed by atoms with Crippen molar-refractivity contribution in [2.45, 2.75) is 38.5 Å². The average molecular weight is 232 g/mol. The molecule has 1 nitrogen and oxygen atoms in total. The lowest BCUT2D eigenvalue weighted by molar-refractivity contribution is -0.267. The second kappa shape index (κ2) is 4.45. The van der Waals surface area contributed by atoms with Gasteiger partial charge in [-0.25, -0.2) is 0 Å². The largest absolute Gasteiger partial charge is 0.421 e. The van der Waals surface area contributed by atoms with E-state index < -0.39 is 11.8 Å². The van der Waals surface area contributed by atoms with Crippen molar-refractivity contribution in [3.63, 3.8) is 0 Å². The molecule has 1 unspecified atom stereocenters. The Morgan fingerprint density at radius 1 is 1.06 bits per heavy atom. The Balaban J connectivity index is 3.13. The van der Waals surface area contributed by atoms with Gasteiger partial charge in [-0.2, -0.15) is 13.2 Å². The highest BCUT2D eigenvalue weighted by atomic mass is 19.4. The van der Waals surface area contributed by atoms with Crippen molar-refractivity contribution in [1.29, 1.82) is 0 Å². The van der Waals surface area contributed by atoms with Crippen LogP contribution in [0.15, 0.2) is 24.3 Å². The summed E-state index contributed by atoms with van der Waals surface area (Å²) in [5, 5.41) is 9.67. The monoisotopic (exact) mass is 232 g/mol. The van der Waals surface area contributed by atoms with Gasteiger partial charge >= 0.3 is 6.18 Å². The van der Waals surface area contributed by atoms with Crippen LogP contribution in [0.5, 0.6) is 0 Å². The number of aryl methyl sites for hydroxylation is 1. The highest BCUT2D eigenvalue weighted by molar-refractivity contribution is 5.28. The lowest BCUT2D eigenvalue weighted by atomic mass is 9.90. The van der Waals surface area contributed by atoms with Gasteiger partial charge in [0, 0.05) is 0 Å². The Bertz CT molecular complexity index is 342. The van der Waals surface area contributed by atoms with Crippen LogP contribution >= 0.6 is 0 Å². The zero-order valence-corrected chi connectivity index (χ0v) is 9.30. The van der Waals surface area contributed by atoms with Gasteiger partial charge in [-0.15, -0.1) is 0 Å². The maximum Gasteiger partial charge on any atom is 0.421 e. The predicted octanol–water partition coefficient (Wildman–Crippen LogP) is 3.41. The van der Waals surface area contributed by atoms with E-state index in [2.05, 4.69) is 0 Å². The average Bonchev–Trinajstić information content (AvgIpc) is 2.26. The van der Waals surface area contributed by atoms with E-state index in [1.54, 1.807) is 12.1 Å². The van der Waals surface area contributed by atoms with Crippen molar-refractivity contribution < 1.29 is 18.3 Å². The van der Waals surface area contributed by atoms with Crippen molar-refractivity contribution in [2.24, 2.45) is 0 Å². The molecule has 1 rings (SSSR count). The minimum atomic E-state index is -4.64. The molecular weight excluding hydrogens is 217 g/mol. The number of alkyl halides is 3. The number of benzene rings is 1. The number of hydrogen-bond donors (Lipinski definition) is 1. The fourth-order valence-corrected chi connectivity index (χ4v) is 1.58. The standard InChI is InChI=1S/C12H15F3O/c1-3-9-5-7-10(8-6-9)11(16,4-2)12(13,14)15/h5-8,16H,3-4H2,1-2H3. The maximum absolute atomic E-state index is 12.7. The van der Waals surface area contributed by atoms with Crippen LogP contribution in [0.4, 0.5) is 13.2 Å². The molecule has 1 aromatic carbocycles. The molecule has 4 heteroatoms. The van der Waals surface area contributed by atoms with E-state index in [1.807, 2.05) is 6.92 Å². The second-order valence-corrected chi connectivity index (χ2v) is 3.76. The summed E-state index contributed by atoms with van der Waals surface area (Å²) in [5.41, 5.74) is -1.89. The highest BCUT2D eigenvalue weighted by Crippen LogP contribution is 2.41. The minimum Gasteiger partial charge on any atom is -0.376 e. The van der Waals surface area contributed by atoms with Gasteiger partial charge in [0.25, 0.3) is 0 Å². The SMILES string of the molecule is CCc1ccc(C(O)(CC)C(F)(F)F)cc1. The first-order chi connectivity index (χ1) is 7.35. The Kier molecular flexibility index (Phi) is 3.63. The van der Waals surface area contributed by atoms with Crippen molar-refractivity contribution >= 4 is 0 Å². The normalized spacial score (nSPS) is 15.9. The molecule has 0 bridgehead atoms. The molecule has 0 radical (unpaired) electrons. The van der Waals surface area contributed by atoms with Crippen molar-refractivity contribution in [3.05, 3.63) is 35.4 Å². The minimum absolute atomic E-state index is 0.0975. The molecule has 90 valence electrons. The molecule has 1 N–H and O–H groups in total. The molecule has 0 spiro atoms. The summed E-state index contributed by atoms with van der Waals surface area (Å²) in [6.45, 7) is 3.24. The molecule has 0 saturated carbocycles. The molecule has 1 aromatic rings. The Labute approximate surface area is 92.9 Å². The third-order valence-corrected chi connectivity index (χ3v) is 2.82. The molecule has 0 saturated heterocycles. The van der Waals surface area contributed by atoms with E-state index in [-0.39, 0.29) is 12.0 Å². The zero-order chi connectivity index (χ0) is 12.4. The van der Waals surface area contributed by atoms with Gasteiger partial charge in [-0.05, 0) is 24.0 Å². The van der Waals surface area contributed by atoms with Crippen LogP contribution in [0.1, 0.15) is 31.4 Å². The zero-order valence-electron chi connectivity index (χ0n) is 9.30. The first kappa shape index (κ1) is 13.0. The lowest BCUT2D eigenvalue weighted by Gasteiger charge is -2.29. The van der Waals surface area contributed by atoms with Gasteiger partial charge in [-0.1, -0.05) is 38.1 Å². The smallest absolute Gasteiger partial charge is 0.376 e. The Hall–Kier alpha value is -1.03. The molecule has 0 aromatic heterocycles. The summed E-state index contributed by atoms with van der Waals surface area (Å²) in [6, 6.07) is 5.91. The summed E-state index contributed by atoms with van der Waals surface area (Å²) < 4.78 is 38.2. The second-order valence-electron chi connectivity index (χ2n) is 3.76. The van der Waals surface area contributed by atoms with Gasteiger partial charge in [0.2, 0.25) is 0 Å². The van der Waals surface area contributed by atoms with Crippen LogP contribution in [0.2, 0.25) is 0 Å². The molecular formula is C12H15F3O. The van der Waals surface area contributed by atoms with Gasteiger partial charge in [0.15, 0.2) is 5.60 Å². The van der Waals surface area contributed by atoms with Crippen molar-refractivity contribution in [3.8, 4) is 0 Å². The third kappa shape index (κ3) is 2.21. The summed E-state index contributed by atoms with van der Waals surface area (Å²) in [6.07, 6.45) is -4.27. The molecule has 0 fully saturated rings. The fraction of sp³-hybridized carbons (Fsp3) is 0.500. The van der Waals surface area contributed by atoms with E-state index >= 15 is 0 Å². The highest BCUT2D eigenvalue weighted by Gasteiger charge is 2.53. The third-order valence-electron chi connectivity index (χ3n) is 2.82. The van der Waals surface area contributed by atoms with Gasteiger partial charge in [0.1, 0.15) is 0 Å². The lowest BCUT2D eigenvalue weighted by Crippen LogP contribution is -2.41. The summed E-state index contributed by atoms with van der Waals surface area (Å²) in [4.78, 5) is 0. The van der Waals surface area contributed by atoms with Crippen LogP contribution in [0.25, 0.3) is 0 Å².